The lowest BCUT2D eigenvalue weighted by atomic mass is 10.3. The second-order valence-corrected chi connectivity index (χ2v) is 5.22. The number of nitrogens with two attached hydrogens (primary N) is 1. The van der Waals surface area contributed by atoms with Gasteiger partial charge in [0, 0.05) is 12.3 Å². The van der Waals surface area contributed by atoms with Crippen molar-refractivity contribution in [3.8, 4) is 11.6 Å². The van der Waals surface area contributed by atoms with Crippen LogP contribution in [0.4, 0.5) is 18.9 Å². The molecule has 0 saturated heterocycles. The minimum Gasteiger partial charge on any atom is -0.478 e. The minimum atomic E-state index is -4.79. The van der Waals surface area contributed by atoms with Crippen molar-refractivity contribution in [1.82, 2.24) is 4.98 Å². The fourth-order valence-corrected chi connectivity index (χ4v) is 1.93. The number of para-hydroxylation sites is 2. The van der Waals surface area contributed by atoms with Crippen molar-refractivity contribution in [1.29, 1.82) is 0 Å². The Labute approximate surface area is 172 Å². The van der Waals surface area contributed by atoms with Crippen LogP contribution in [0.3, 0.4) is 0 Å². The summed E-state index contributed by atoms with van der Waals surface area (Å²) in [7, 11) is 0. The lowest BCUT2D eigenvalue weighted by Gasteiger charge is -2.14. The van der Waals surface area contributed by atoms with Crippen LogP contribution >= 0.6 is 24.0 Å². The second kappa shape index (κ2) is 10.8. The van der Waals surface area contributed by atoms with E-state index >= 15 is 0 Å². The molecule has 0 spiro atoms. The van der Waals surface area contributed by atoms with Crippen LogP contribution in [0.25, 0.3) is 0 Å². The molecule has 6 nitrogen and oxygen atoms in total. The van der Waals surface area contributed by atoms with Gasteiger partial charge in [0.1, 0.15) is 0 Å². The van der Waals surface area contributed by atoms with Crippen LogP contribution in [0, 0.1) is 0 Å². The van der Waals surface area contributed by atoms with Crippen molar-refractivity contribution < 1.29 is 22.6 Å². The Kier molecular flexibility index (Phi) is 9.12. The molecule has 2 aromatic rings. The largest absolute Gasteiger partial charge is 0.573 e. The van der Waals surface area contributed by atoms with E-state index in [1.165, 1.54) is 18.2 Å². The summed E-state index contributed by atoms with van der Waals surface area (Å²) in [5.41, 5.74) is 6.58. The van der Waals surface area contributed by atoms with Gasteiger partial charge in [-0.3, -0.25) is 0 Å². The SMILES string of the molecule is CCCOc1ccc(CN=C(N)Nc2ccccc2OC(F)(F)F)cn1.I. The summed E-state index contributed by atoms with van der Waals surface area (Å²) in [5.74, 6) is 0.0793. The van der Waals surface area contributed by atoms with Gasteiger partial charge in [-0.05, 0) is 24.1 Å². The standard InChI is InChI=1S/C17H19F3N4O2.HI/c1-2-9-25-15-8-7-12(10-22-15)11-23-16(21)24-13-5-3-4-6-14(13)26-17(18,19)20;/h3-8,10H,2,9,11H2,1H3,(H3,21,23,24);1H. The molecule has 0 fully saturated rings. The Balaban J connectivity index is 0.00000364. The number of aromatic nitrogens is 1. The van der Waals surface area contributed by atoms with Gasteiger partial charge in [0.2, 0.25) is 5.88 Å². The molecule has 27 heavy (non-hydrogen) atoms. The number of nitrogens with one attached hydrogen (secondary N) is 1. The highest BCUT2D eigenvalue weighted by molar-refractivity contribution is 14.0. The third-order valence-electron chi connectivity index (χ3n) is 3.06. The minimum absolute atomic E-state index is 0. The number of rotatable bonds is 7. The molecule has 0 bridgehead atoms. The lowest BCUT2D eigenvalue weighted by Crippen LogP contribution is -2.24. The maximum Gasteiger partial charge on any atom is 0.573 e. The highest BCUT2D eigenvalue weighted by Crippen LogP contribution is 2.29. The highest BCUT2D eigenvalue weighted by atomic mass is 127. The molecule has 1 aromatic heterocycles. The van der Waals surface area contributed by atoms with Crippen molar-refractivity contribution in [3.63, 3.8) is 0 Å². The predicted octanol–water partition coefficient (Wildman–Crippen LogP) is 4.31. The molecule has 10 heteroatoms. The van der Waals surface area contributed by atoms with Gasteiger partial charge >= 0.3 is 6.36 Å². The number of pyridine rings is 1. The van der Waals surface area contributed by atoms with Gasteiger partial charge in [-0.1, -0.05) is 25.1 Å². The van der Waals surface area contributed by atoms with Crippen LogP contribution in [0.1, 0.15) is 18.9 Å². The lowest BCUT2D eigenvalue weighted by molar-refractivity contribution is -0.274. The number of hydrogen-bond acceptors (Lipinski definition) is 4. The zero-order valence-electron chi connectivity index (χ0n) is 14.5. The maximum atomic E-state index is 12.4. The van der Waals surface area contributed by atoms with E-state index in [-0.39, 0.29) is 42.2 Å². The summed E-state index contributed by atoms with van der Waals surface area (Å²) in [6.45, 7) is 2.79. The summed E-state index contributed by atoms with van der Waals surface area (Å²) in [6.07, 6.45) is -2.31. The number of benzene rings is 1. The highest BCUT2D eigenvalue weighted by Gasteiger charge is 2.32. The molecule has 0 atom stereocenters. The van der Waals surface area contributed by atoms with E-state index in [1.807, 2.05) is 6.92 Å². The van der Waals surface area contributed by atoms with E-state index in [4.69, 9.17) is 10.5 Å². The van der Waals surface area contributed by atoms with Gasteiger partial charge in [-0.2, -0.15) is 0 Å². The van der Waals surface area contributed by atoms with E-state index in [9.17, 15) is 13.2 Å². The van der Waals surface area contributed by atoms with Crippen LogP contribution in [-0.2, 0) is 6.54 Å². The average Bonchev–Trinajstić information content (AvgIpc) is 2.59. The molecular formula is C17H20F3IN4O2. The van der Waals surface area contributed by atoms with E-state index in [0.29, 0.717) is 12.5 Å². The number of hydrogen-bond donors (Lipinski definition) is 2. The maximum absolute atomic E-state index is 12.4. The van der Waals surface area contributed by atoms with E-state index in [1.54, 1.807) is 24.4 Å². The number of nitrogens with zero attached hydrogens (tertiary/aromatic N) is 2. The normalized spacial score (nSPS) is 11.5. The second-order valence-electron chi connectivity index (χ2n) is 5.22. The molecule has 1 heterocycles. The van der Waals surface area contributed by atoms with Crippen molar-refractivity contribution in [2.75, 3.05) is 11.9 Å². The summed E-state index contributed by atoms with van der Waals surface area (Å²) < 4.78 is 46.6. The molecule has 0 amide bonds. The van der Waals surface area contributed by atoms with Crippen LogP contribution < -0.4 is 20.5 Å². The number of aliphatic imine (C=N–C) groups is 1. The van der Waals surface area contributed by atoms with Crippen molar-refractivity contribution in [3.05, 3.63) is 48.2 Å². The van der Waals surface area contributed by atoms with Gasteiger partial charge < -0.3 is 20.5 Å². The van der Waals surface area contributed by atoms with Gasteiger partial charge in [-0.25, -0.2) is 9.98 Å². The Morgan fingerprint density at radius 3 is 2.59 bits per heavy atom. The molecule has 1 aromatic carbocycles. The molecule has 0 aliphatic carbocycles. The number of halogens is 4. The topological polar surface area (TPSA) is 81.8 Å². The Morgan fingerprint density at radius 2 is 1.96 bits per heavy atom. The molecule has 0 unspecified atom stereocenters. The molecular weight excluding hydrogens is 476 g/mol. The Hall–Kier alpha value is -2.24. The van der Waals surface area contributed by atoms with Crippen LogP contribution in [0.15, 0.2) is 47.6 Å². The quantitative estimate of drug-likeness (QED) is 0.339. The van der Waals surface area contributed by atoms with Crippen molar-refractivity contribution >= 4 is 35.6 Å². The molecule has 2 rings (SSSR count). The van der Waals surface area contributed by atoms with Gasteiger partial charge in [0.05, 0.1) is 18.8 Å². The van der Waals surface area contributed by atoms with Crippen LogP contribution in [0.5, 0.6) is 11.6 Å². The predicted molar refractivity (Wildman–Crippen MR) is 108 cm³/mol. The number of anilines is 1. The molecule has 0 saturated carbocycles. The molecule has 3 N–H and O–H groups in total. The van der Waals surface area contributed by atoms with Crippen LogP contribution in [0.2, 0.25) is 0 Å². The summed E-state index contributed by atoms with van der Waals surface area (Å²) in [6, 6.07) is 9.07. The Morgan fingerprint density at radius 1 is 1.22 bits per heavy atom. The summed E-state index contributed by atoms with van der Waals surface area (Å²) >= 11 is 0. The van der Waals surface area contributed by atoms with Crippen LogP contribution in [-0.4, -0.2) is 23.9 Å². The van der Waals surface area contributed by atoms with Gasteiger partial charge in [-0.15, -0.1) is 37.1 Å². The number of guanidine groups is 1. The fourth-order valence-electron chi connectivity index (χ4n) is 1.93. The van der Waals surface area contributed by atoms with Gasteiger partial charge in [0.15, 0.2) is 11.7 Å². The first-order chi connectivity index (χ1) is 12.4. The first-order valence-corrected chi connectivity index (χ1v) is 7.87. The molecule has 0 aliphatic heterocycles. The van der Waals surface area contributed by atoms with E-state index in [0.717, 1.165) is 12.0 Å². The van der Waals surface area contributed by atoms with E-state index < -0.39 is 12.1 Å². The van der Waals surface area contributed by atoms with E-state index in [2.05, 4.69) is 20.0 Å². The zero-order chi connectivity index (χ0) is 19.0. The number of alkyl halides is 3. The molecule has 0 aliphatic rings. The smallest absolute Gasteiger partial charge is 0.478 e. The van der Waals surface area contributed by atoms with Crippen molar-refractivity contribution in [2.24, 2.45) is 10.7 Å². The number of ether oxygens (including phenoxy) is 2. The van der Waals surface area contributed by atoms with Crippen molar-refractivity contribution in [2.45, 2.75) is 26.3 Å². The monoisotopic (exact) mass is 496 g/mol. The summed E-state index contributed by atoms with van der Waals surface area (Å²) in [4.78, 5) is 8.22. The van der Waals surface area contributed by atoms with Gasteiger partial charge in [0.25, 0.3) is 0 Å². The first-order valence-electron chi connectivity index (χ1n) is 7.87. The fraction of sp³-hybridized carbons (Fsp3) is 0.294. The Bertz CT molecular complexity index is 740. The third-order valence-corrected chi connectivity index (χ3v) is 3.06. The molecule has 148 valence electrons. The zero-order valence-corrected chi connectivity index (χ0v) is 16.8. The average molecular weight is 496 g/mol. The third kappa shape index (κ3) is 8.33. The first kappa shape index (κ1) is 22.8. The summed E-state index contributed by atoms with van der Waals surface area (Å²) in [5, 5.41) is 2.60. The molecule has 0 radical (unpaired) electrons.